The lowest BCUT2D eigenvalue weighted by molar-refractivity contribution is 0.0776. The fraction of sp³-hybridized carbons (Fsp3) is 0.538. The summed E-state index contributed by atoms with van der Waals surface area (Å²) in [5.41, 5.74) is 2.69. The highest BCUT2D eigenvalue weighted by molar-refractivity contribution is 5.24. The molecule has 1 aliphatic rings. The van der Waals surface area contributed by atoms with Crippen molar-refractivity contribution in [3.8, 4) is 0 Å². The van der Waals surface area contributed by atoms with Crippen molar-refractivity contribution in [3.63, 3.8) is 0 Å². The highest BCUT2D eigenvalue weighted by Gasteiger charge is 2.12. The molecule has 0 amide bonds. The Morgan fingerprint density at radius 2 is 2.27 bits per heavy atom. The summed E-state index contributed by atoms with van der Waals surface area (Å²) in [6.45, 7) is 4.90. The van der Waals surface area contributed by atoms with E-state index < -0.39 is 0 Å². The van der Waals surface area contributed by atoms with Crippen LogP contribution in [-0.2, 0) is 11.3 Å². The minimum atomic E-state index is 0.627. The molecule has 15 heavy (non-hydrogen) atoms. The Morgan fingerprint density at radius 3 is 3.00 bits per heavy atom. The van der Waals surface area contributed by atoms with E-state index in [1.54, 1.807) is 0 Å². The first-order valence-corrected chi connectivity index (χ1v) is 5.63. The van der Waals surface area contributed by atoms with Crippen molar-refractivity contribution >= 4 is 0 Å². The van der Waals surface area contributed by atoms with Gasteiger partial charge in [-0.05, 0) is 37.0 Å². The van der Waals surface area contributed by atoms with Crippen LogP contribution in [0.25, 0.3) is 0 Å². The van der Waals surface area contributed by atoms with Gasteiger partial charge in [-0.15, -0.1) is 0 Å². The van der Waals surface area contributed by atoms with Crippen molar-refractivity contribution in [2.45, 2.75) is 32.4 Å². The molecule has 0 bridgehead atoms. The number of aryl methyl sites for hydroxylation is 1. The quantitative estimate of drug-likeness (QED) is 0.813. The second-order valence-corrected chi connectivity index (χ2v) is 4.12. The summed E-state index contributed by atoms with van der Waals surface area (Å²) in [6, 6.07) is 9.88. The van der Waals surface area contributed by atoms with Gasteiger partial charge in [0.1, 0.15) is 0 Å². The third-order valence-electron chi connectivity index (χ3n) is 2.99. The lowest BCUT2D eigenvalue weighted by Crippen LogP contribution is -2.34. The van der Waals surface area contributed by atoms with Crippen molar-refractivity contribution in [2.75, 3.05) is 13.2 Å². The van der Waals surface area contributed by atoms with Crippen LogP contribution in [0.4, 0.5) is 0 Å². The molecule has 0 unspecified atom stereocenters. The molecule has 0 spiro atoms. The number of nitrogens with one attached hydrogen (secondary N) is 1. The maximum Gasteiger partial charge on any atom is 0.0480 e. The number of hydrogen-bond acceptors (Lipinski definition) is 2. The van der Waals surface area contributed by atoms with Gasteiger partial charge in [0.25, 0.3) is 0 Å². The maximum atomic E-state index is 5.33. The van der Waals surface area contributed by atoms with Gasteiger partial charge in [-0.2, -0.15) is 0 Å². The van der Waals surface area contributed by atoms with Gasteiger partial charge in [-0.25, -0.2) is 0 Å². The molecule has 0 aliphatic carbocycles. The summed E-state index contributed by atoms with van der Waals surface area (Å²) < 4.78 is 5.33. The minimum absolute atomic E-state index is 0.627. The Bertz CT molecular complexity index is 305. The second-order valence-electron chi connectivity index (χ2n) is 4.12. The van der Waals surface area contributed by atoms with Gasteiger partial charge in [0, 0.05) is 25.8 Å². The molecule has 81 valence electrons. The molecule has 2 heteroatoms. The normalized spacial score (nSPS) is 17.9. The van der Waals surface area contributed by atoms with Crippen molar-refractivity contribution in [1.82, 2.24) is 5.32 Å². The number of rotatable bonds is 3. The smallest absolute Gasteiger partial charge is 0.0480 e. The molecule has 1 aromatic carbocycles. The summed E-state index contributed by atoms with van der Waals surface area (Å²) in [6.07, 6.45) is 2.27. The zero-order valence-corrected chi connectivity index (χ0v) is 9.25. The largest absolute Gasteiger partial charge is 0.381 e. The zero-order valence-electron chi connectivity index (χ0n) is 9.25. The van der Waals surface area contributed by atoms with E-state index in [1.165, 1.54) is 11.1 Å². The van der Waals surface area contributed by atoms with E-state index >= 15 is 0 Å². The van der Waals surface area contributed by atoms with E-state index in [1.807, 2.05) is 12.1 Å². The summed E-state index contributed by atoms with van der Waals surface area (Å²) in [5, 5.41) is 3.58. The average molecular weight is 204 g/mol. The predicted molar refractivity (Wildman–Crippen MR) is 60.7 cm³/mol. The average Bonchev–Trinajstić information content (AvgIpc) is 2.29. The molecule has 0 saturated carbocycles. The van der Waals surface area contributed by atoms with Crippen LogP contribution in [0.15, 0.2) is 18.2 Å². The topological polar surface area (TPSA) is 21.3 Å². The van der Waals surface area contributed by atoms with Crippen LogP contribution in [-0.4, -0.2) is 19.3 Å². The van der Waals surface area contributed by atoms with Crippen molar-refractivity contribution in [3.05, 3.63) is 35.4 Å². The molecular weight excluding hydrogens is 186 g/mol. The SMILES string of the molecule is Cc1c[c]ccc1CNC1CCOCC1. The van der Waals surface area contributed by atoms with Crippen LogP contribution in [0, 0.1) is 13.0 Å². The van der Waals surface area contributed by atoms with Crippen molar-refractivity contribution in [2.24, 2.45) is 0 Å². The Hall–Kier alpha value is -0.860. The zero-order chi connectivity index (χ0) is 10.5. The molecule has 1 fully saturated rings. The predicted octanol–water partition coefficient (Wildman–Crippen LogP) is 2.06. The first-order valence-electron chi connectivity index (χ1n) is 5.63. The van der Waals surface area contributed by atoms with Gasteiger partial charge in [0.05, 0.1) is 0 Å². The van der Waals surface area contributed by atoms with E-state index in [4.69, 9.17) is 4.74 Å². The van der Waals surface area contributed by atoms with Crippen LogP contribution in [0.1, 0.15) is 24.0 Å². The van der Waals surface area contributed by atoms with Gasteiger partial charge in [-0.1, -0.05) is 18.2 Å². The Balaban J connectivity index is 1.84. The minimum Gasteiger partial charge on any atom is -0.381 e. The molecule has 2 nitrogen and oxygen atoms in total. The fourth-order valence-corrected chi connectivity index (χ4v) is 1.90. The summed E-state index contributed by atoms with van der Waals surface area (Å²) >= 11 is 0. The molecule has 1 radical (unpaired) electrons. The van der Waals surface area contributed by atoms with Crippen molar-refractivity contribution < 1.29 is 4.74 Å². The summed E-state index contributed by atoms with van der Waals surface area (Å²) in [4.78, 5) is 0. The van der Waals surface area contributed by atoms with Crippen LogP contribution < -0.4 is 5.32 Å². The van der Waals surface area contributed by atoms with Gasteiger partial charge in [0.15, 0.2) is 0 Å². The number of hydrogen-bond donors (Lipinski definition) is 1. The molecular formula is C13H18NO. The van der Waals surface area contributed by atoms with Crippen LogP contribution in [0.3, 0.4) is 0 Å². The van der Waals surface area contributed by atoms with Gasteiger partial charge in [0.2, 0.25) is 0 Å². The van der Waals surface area contributed by atoms with E-state index in [0.29, 0.717) is 6.04 Å². The molecule has 1 N–H and O–H groups in total. The third kappa shape index (κ3) is 3.05. The molecule has 0 atom stereocenters. The maximum absolute atomic E-state index is 5.33. The third-order valence-corrected chi connectivity index (χ3v) is 2.99. The monoisotopic (exact) mass is 204 g/mol. The summed E-state index contributed by atoms with van der Waals surface area (Å²) in [7, 11) is 0. The molecule has 1 aliphatic heterocycles. The molecule has 2 rings (SSSR count). The van der Waals surface area contributed by atoms with Crippen LogP contribution >= 0.6 is 0 Å². The lowest BCUT2D eigenvalue weighted by Gasteiger charge is -2.23. The number of benzene rings is 1. The molecule has 1 heterocycles. The van der Waals surface area contributed by atoms with Crippen molar-refractivity contribution in [1.29, 1.82) is 0 Å². The molecule has 0 aromatic heterocycles. The van der Waals surface area contributed by atoms with Gasteiger partial charge >= 0.3 is 0 Å². The van der Waals surface area contributed by atoms with Gasteiger partial charge in [-0.3, -0.25) is 0 Å². The van der Waals surface area contributed by atoms with Crippen LogP contribution in [0.5, 0.6) is 0 Å². The first-order chi connectivity index (χ1) is 7.36. The van der Waals surface area contributed by atoms with Crippen LogP contribution in [0.2, 0.25) is 0 Å². The second kappa shape index (κ2) is 5.29. The van der Waals surface area contributed by atoms with E-state index in [9.17, 15) is 0 Å². The lowest BCUT2D eigenvalue weighted by atomic mass is 10.1. The van der Waals surface area contributed by atoms with E-state index in [-0.39, 0.29) is 0 Å². The molecule has 1 saturated heterocycles. The van der Waals surface area contributed by atoms with Gasteiger partial charge < -0.3 is 10.1 Å². The Morgan fingerprint density at radius 1 is 1.47 bits per heavy atom. The summed E-state index contributed by atoms with van der Waals surface area (Å²) in [5.74, 6) is 0. The Kier molecular flexibility index (Phi) is 3.75. The standard InChI is InChI=1S/C13H18NO/c1-11-4-2-3-5-12(11)10-14-13-6-8-15-9-7-13/h3-5,13-14H,6-10H2,1H3. The highest BCUT2D eigenvalue weighted by atomic mass is 16.5. The van der Waals surface area contributed by atoms with E-state index in [2.05, 4.69) is 24.4 Å². The molecule has 1 aromatic rings. The fourth-order valence-electron chi connectivity index (χ4n) is 1.90. The number of ether oxygens (including phenoxy) is 1. The highest BCUT2D eigenvalue weighted by Crippen LogP contribution is 2.10. The van der Waals surface area contributed by atoms with E-state index in [0.717, 1.165) is 32.6 Å². The Labute approximate surface area is 91.6 Å². The first kappa shape index (κ1) is 10.7.